The van der Waals surface area contributed by atoms with Crippen LogP contribution >= 0.6 is 11.6 Å². The second-order valence-electron chi connectivity index (χ2n) is 5.24. The van der Waals surface area contributed by atoms with Crippen LogP contribution in [0.1, 0.15) is 11.4 Å². The van der Waals surface area contributed by atoms with E-state index in [1.54, 1.807) is 61.7 Å². The molecule has 0 fully saturated rings. The topological polar surface area (TPSA) is 74.5 Å². The summed E-state index contributed by atoms with van der Waals surface area (Å²) in [6.45, 7) is -0.0799. The highest BCUT2D eigenvalue weighted by molar-refractivity contribution is 6.30. The minimum Gasteiger partial charge on any atom is -0.497 e. The second kappa shape index (κ2) is 8.31. The molecule has 3 aromatic rings. The summed E-state index contributed by atoms with van der Waals surface area (Å²) in [4.78, 5) is 16.0. The van der Waals surface area contributed by atoms with E-state index >= 15 is 0 Å². The number of esters is 1. The van der Waals surface area contributed by atoms with Crippen LogP contribution in [-0.4, -0.2) is 23.2 Å². The Kier molecular flexibility index (Phi) is 5.66. The van der Waals surface area contributed by atoms with Gasteiger partial charge < -0.3 is 14.0 Å². The molecule has 0 aliphatic rings. The van der Waals surface area contributed by atoms with E-state index in [1.165, 1.54) is 6.08 Å². The van der Waals surface area contributed by atoms with E-state index in [4.69, 9.17) is 25.6 Å². The quantitative estimate of drug-likeness (QED) is 0.479. The molecule has 1 aromatic heterocycles. The maximum Gasteiger partial charge on any atom is 0.331 e. The van der Waals surface area contributed by atoms with Gasteiger partial charge in [-0.2, -0.15) is 4.98 Å². The second-order valence-corrected chi connectivity index (χ2v) is 5.67. The lowest BCUT2D eigenvalue weighted by atomic mass is 10.2. The number of hydrogen-bond acceptors (Lipinski definition) is 6. The number of ether oxygens (including phenoxy) is 2. The van der Waals surface area contributed by atoms with Crippen LogP contribution in [0.5, 0.6) is 5.75 Å². The fraction of sp³-hybridized carbons (Fsp3) is 0.105. The Labute approximate surface area is 155 Å². The Bertz CT molecular complexity index is 902. The number of benzene rings is 2. The van der Waals surface area contributed by atoms with Crippen LogP contribution in [0.15, 0.2) is 59.1 Å². The molecule has 26 heavy (non-hydrogen) atoms. The summed E-state index contributed by atoms with van der Waals surface area (Å²) in [5, 5.41) is 4.44. The van der Waals surface area contributed by atoms with Gasteiger partial charge in [0.2, 0.25) is 5.82 Å². The van der Waals surface area contributed by atoms with Crippen molar-refractivity contribution in [2.45, 2.75) is 6.61 Å². The van der Waals surface area contributed by atoms with Gasteiger partial charge in [-0.3, -0.25) is 0 Å². The van der Waals surface area contributed by atoms with Crippen molar-refractivity contribution >= 4 is 23.6 Å². The molecule has 2 aromatic carbocycles. The minimum absolute atomic E-state index is 0.0799. The van der Waals surface area contributed by atoms with Gasteiger partial charge in [0, 0.05) is 16.7 Å². The van der Waals surface area contributed by atoms with E-state index in [9.17, 15) is 4.79 Å². The molecule has 0 aliphatic heterocycles. The van der Waals surface area contributed by atoms with Crippen LogP contribution in [-0.2, 0) is 16.1 Å². The number of carbonyl (C=O) groups is 1. The zero-order chi connectivity index (χ0) is 18.4. The maximum absolute atomic E-state index is 11.8. The predicted octanol–water partition coefficient (Wildman–Crippen LogP) is 4.16. The first kappa shape index (κ1) is 17.7. The fourth-order valence-corrected chi connectivity index (χ4v) is 2.21. The summed E-state index contributed by atoms with van der Waals surface area (Å²) in [6.07, 6.45) is 2.96. The Morgan fingerprint density at radius 3 is 2.58 bits per heavy atom. The van der Waals surface area contributed by atoms with E-state index in [0.29, 0.717) is 10.9 Å². The molecule has 0 atom stereocenters. The number of rotatable bonds is 6. The molecular weight excluding hydrogens is 356 g/mol. The molecule has 0 N–H and O–H groups in total. The lowest BCUT2D eigenvalue weighted by Crippen LogP contribution is -2.02. The molecule has 1 heterocycles. The third kappa shape index (κ3) is 4.70. The number of methoxy groups -OCH3 is 1. The first-order chi connectivity index (χ1) is 12.6. The van der Waals surface area contributed by atoms with Crippen LogP contribution in [0.3, 0.4) is 0 Å². The molecule has 0 radical (unpaired) electrons. The van der Waals surface area contributed by atoms with Crippen molar-refractivity contribution in [2.75, 3.05) is 7.11 Å². The third-order valence-corrected chi connectivity index (χ3v) is 3.68. The van der Waals surface area contributed by atoms with E-state index in [0.717, 1.165) is 16.9 Å². The molecule has 0 bridgehead atoms. The first-order valence-electron chi connectivity index (χ1n) is 7.71. The predicted molar refractivity (Wildman–Crippen MR) is 96.6 cm³/mol. The lowest BCUT2D eigenvalue weighted by molar-refractivity contribution is -0.139. The van der Waals surface area contributed by atoms with Gasteiger partial charge in [0.1, 0.15) is 5.75 Å². The van der Waals surface area contributed by atoms with Gasteiger partial charge in [-0.15, -0.1) is 0 Å². The highest BCUT2D eigenvalue weighted by atomic mass is 35.5. The first-order valence-corrected chi connectivity index (χ1v) is 8.09. The van der Waals surface area contributed by atoms with Crippen LogP contribution in [0.25, 0.3) is 17.5 Å². The van der Waals surface area contributed by atoms with Crippen LogP contribution in [0.2, 0.25) is 5.02 Å². The number of carbonyl (C=O) groups excluding carboxylic acids is 1. The van der Waals surface area contributed by atoms with Crippen molar-refractivity contribution in [3.8, 4) is 17.2 Å². The number of hydrogen-bond donors (Lipinski definition) is 0. The fourth-order valence-electron chi connectivity index (χ4n) is 2.09. The molecule has 0 saturated carbocycles. The number of halogens is 1. The lowest BCUT2D eigenvalue weighted by Gasteiger charge is -1.99. The summed E-state index contributed by atoms with van der Waals surface area (Å²) in [5.74, 6) is 0.852. The molecular formula is C19H15ClN2O4. The Hall–Kier alpha value is -3.12. The highest BCUT2D eigenvalue weighted by Crippen LogP contribution is 2.20. The van der Waals surface area contributed by atoms with E-state index in [2.05, 4.69) is 10.1 Å². The summed E-state index contributed by atoms with van der Waals surface area (Å²) in [7, 11) is 1.59. The van der Waals surface area contributed by atoms with E-state index in [-0.39, 0.29) is 12.4 Å². The number of aromatic nitrogens is 2. The van der Waals surface area contributed by atoms with Gasteiger partial charge in [-0.25, -0.2) is 4.79 Å². The van der Waals surface area contributed by atoms with Gasteiger partial charge in [-0.1, -0.05) is 28.9 Å². The van der Waals surface area contributed by atoms with Gasteiger partial charge in [0.25, 0.3) is 5.89 Å². The highest BCUT2D eigenvalue weighted by Gasteiger charge is 2.10. The van der Waals surface area contributed by atoms with Gasteiger partial charge in [0.05, 0.1) is 7.11 Å². The monoisotopic (exact) mass is 370 g/mol. The molecule has 6 nitrogen and oxygen atoms in total. The van der Waals surface area contributed by atoms with Gasteiger partial charge in [0.15, 0.2) is 6.61 Å². The molecule has 0 spiro atoms. The average Bonchev–Trinajstić information content (AvgIpc) is 3.15. The molecule has 0 aliphatic carbocycles. The molecule has 0 amide bonds. The van der Waals surface area contributed by atoms with Crippen LogP contribution in [0, 0.1) is 0 Å². The molecule has 3 rings (SSSR count). The zero-order valence-electron chi connectivity index (χ0n) is 13.9. The van der Waals surface area contributed by atoms with Crippen molar-refractivity contribution in [1.82, 2.24) is 10.1 Å². The van der Waals surface area contributed by atoms with E-state index < -0.39 is 5.97 Å². The zero-order valence-corrected chi connectivity index (χ0v) is 14.6. The average molecular weight is 371 g/mol. The third-order valence-electron chi connectivity index (χ3n) is 3.43. The summed E-state index contributed by atoms with van der Waals surface area (Å²) >= 11 is 5.81. The Morgan fingerprint density at radius 2 is 1.88 bits per heavy atom. The van der Waals surface area contributed by atoms with Crippen molar-refractivity contribution in [2.24, 2.45) is 0 Å². The maximum atomic E-state index is 11.8. The van der Waals surface area contributed by atoms with Crippen LogP contribution in [0.4, 0.5) is 0 Å². The number of nitrogens with zero attached hydrogens (tertiary/aromatic N) is 2. The van der Waals surface area contributed by atoms with Gasteiger partial charge >= 0.3 is 5.97 Å². The van der Waals surface area contributed by atoms with Crippen molar-refractivity contribution < 1.29 is 18.8 Å². The Balaban J connectivity index is 1.55. The van der Waals surface area contributed by atoms with E-state index in [1.807, 2.05) is 0 Å². The van der Waals surface area contributed by atoms with Crippen molar-refractivity contribution in [3.05, 3.63) is 71.0 Å². The normalized spacial score (nSPS) is 10.8. The van der Waals surface area contributed by atoms with Crippen LogP contribution < -0.4 is 4.74 Å². The van der Waals surface area contributed by atoms with Crippen molar-refractivity contribution in [1.29, 1.82) is 0 Å². The largest absolute Gasteiger partial charge is 0.497 e. The SMILES string of the molecule is COc1ccc(-c2nc(COC(=O)C=Cc3ccc(Cl)cc3)no2)cc1. The smallest absolute Gasteiger partial charge is 0.331 e. The Morgan fingerprint density at radius 1 is 1.15 bits per heavy atom. The molecule has 7 heteroatoms. The standard InChI is InChI=1S/C19H15ClN2O4/c1-24-16-9-5-14(6-10-16)19-21-17(22-26-19)12-25-18(23)11-4-13-2-7-15(20)8-3-13/h2-11H,12H2,1H3. The van der Waals surface area contributed by atoms with Gasteiger partial charge in [-0.05, 0) is 48.0 Å². The summed E-state index contributed by atoms with van der Waals surface area (Å²) < 4.78 is 15.4. The minimum atomic E-state index is -0.504. The van der Waals surface area contributed by atoms with Crippen molar-refractivity contribution in [3.63, 3.8) is 0 Å². The molecule has 0 saturated heterocycles. The summed E-state index contributed by atoms with van der Waals surface area (Å²) in [6, 6.07) is 14.3. The summed E-state index contributed by atoms with van der Waals surface area (Å²) in [5.41, 5.74) is 1.59. The molecule has 0 unspecified atom stereocenters. The molecule has 132 valence electrons.